The number of nitrogens with one attached hydrogen (secondary N) is 2. The molecular formula is C50H44N8S. The summed E-state index contributed by atoms with van der Waals surface area (Å²) in [6.07, 6.45) is 9.84. The van der Waals surface area contributed by atoms with Gasteiger partial charge < -0.3 is 4.90 Å². The molecule has 0 bridgehead atoms. The van der Waals surface area contributed by atoms with Crippen LogP contribution < -0.4 is 15.6 Å². The summed E-state index contributed by atoms with van der Waals surface area (Å²) in [6.45, 7) is 12.1. The summed E-state index contributed by atoms with van der Waals surface area (Å²) in [7, 11) is 0. The summed E-state index contributed by atoms with van der Waals surface area (Å²) < 4.78 is 1.16. The number of rotatable bonds is 8. The van der Waals surface area contributed by atoms with E-state index in [2.05, 4.69) is 66.7 Å². The third kappa shape index (κ3) is 7.01. The Kier molecular flexibility index (Phi) is 9.56. The monoisotopic (exact) mass is 788 g/mol. The van der Waals surface area contributed by atoms with E-state index in [0.717, 1.165) is 64.9 Å². The third-order valence-electron chi connectivity index (χ3n) is 10.4. The van der Waals surface area contributed by atoms with Crippen LogP contribution in [0.4, 0.5) is 5.69 Å². The molecule has 0 saturated heterocycles. The van der Waals surface area contributed by atoms with Crippen LogP contribution >= 0.6 is 11.3 Å². The molecule has 2 aliphatic carbocycles. The van der Waals surface area contributed by atoms with Crippen molar-refractivity contribution in [3.8, 4) is 21.7 Å². The molecule has 0 unspecified atom stereocenters. The molecule has 0 saturated carbocycles. The van der Waals surface area contributed by atoms with E-state index < -0.39 is 5.66 Å². The molecule has 59 heavy (non-hydrogen) atoms. The first-order valence-electron chi connectivity index (χ1n) is 20.0. The van der Waals surface area contributed by atoms with Gasteiger partial charge in [0, 0.05) is 28.8 Å². The van der Waals surface area contributed by atoms with E-state index in [9.17, 15) is 10.8 Å². The van der Waals surface area contributed by atoms with Gasteiger partial charge in [-0.2, -0.15) is 0 Å². The minimum atomic E-state index is -0.734. The first kappa shape index (κ1) is 37.8. The van der Waals surface area contributed by atoms with E-state index in [0.29, 0.717) is 33.9 Å². The van der Waals surface area contributed by atoms with Gasteiger partial charge in [-0.3, -0.25) is 30.8 Å². The third-order valence-corrected chi connectivity index (χ3v) is 11.5. The average Bonchev–Trinajstić information content (AvgIpc) is 3.80. The molecule has 0 atom stereocenters. The number of aromatic nitrogens is 1. The van der Waals surface area contributed by atoms with Gasteiger partial charge in [-0.1, -0.05) is 84.9 Å². The molecule has 0 spiro atoms. The number of thiazole rings is 1. The summed E-state index contributed by atoms with van der Waals surface area (Å²) in [5.41, 5.74) is 8.82. The van der Waals surface area contributed by atoms with Gasteiger partial charge in [0.15, 0.2) is 0 Å². The predicted octanol–water partition coefficient (Wildman–Crippen LogP) is 10.8. The molecule has 8 nitrogen and oxygen atoms in total. The van der Waals surface area contributed by atoms with Crippen LogP contribution in [0.2, 0.25) is 0 Å². The van der Waals surface area contributed by atoms with Crippen molar-refractivity contribution >= 4 is 66.4 Å². The highest BCUT2D eigenvalue weighted by Crippen LogP contribution is 2.36. The lowest BCUT2D eigenvalue weighted by atomic mass is 9.88. The largest absolute Gasteiger partial charge is 0.304 e. The second kappa shape index (κ2) is 14.9. The van der Waals surface area contributed by atoms with E-state index in [1.165, 1.54) is 0 Å². The number of nitrogens with zero attached hydrogens (tertiary/aromatic N) is 6. The van der Waals surface area contributed by atoms with Crippen molar-refractivity contribution in [2.45, 2.75) is 59.3 Å². The van der Waals surface area contributed by atoms with Gasteiger partial charge in [0.25, 0.3) is 0 Å². The number of benzene rings is 5. The smallest absolute Gasteiger partial charge is 0.146 e. The molecule has 0 fully saturated rings. The van der Waals surface area contributed by atoms with Gasteiger partial charge in [-0.25, -0.2) is 4.98 Å². The van der Waals surface area contributed by atoms with Crippen molar-refractivity contribution < 1.29 is 0 Å². The summed E-state index contributed by atoms with van der Waals surface area (Å²) >= 11 is 1.69. The van der Waals surface area contributed by atoms with Gasteiger partial charge in [0.2, 0.25) is 0 Å². The maximum Gasteiger partial charge on any atom is 0.146 e. The molecular weight excluding hydrogens is 745 g/mol. The molecule has 6 aromatic rings. The van der Waals surface area contributed by atoms with Gasteiger partial charge in [-0.15, -0.1) is 11.3 Å². The Morgan fingerprint density at radius 3 is 2.15 bits per heavy atom. The van der Waals surface area contributed by atoms with E-state index in [1.807, 2.05) is 113 Å². The minimum Gasteiger partial charge on any atom is -0.304 e. The number of fused-ring (bicyclic) bond motifs is 3. The first-order chi connectivity index (χ1) is 28.5. The number of hydrogen-bond donors (Lipinski definition) is 2. The molecule has 0 radical (unpaired) electrons. The topological polar surface area (TPSA) is 113 Å². The van der Waals surface area contributed by atoms with Crippen molar-refractivity contribution in [3.63, 3.8) is 0 Å². The fraction of sp³-hybridized carbons (Fsp3) is 0.180. The van der Waals surface area contributed by atoms with E-state index in [-0.39, 0.29) is 17.8 Å². The number of allylic oxidation sites excluding steroid dienone is 8. The first-order valence-corrected chi connectivity index (χ1v) is 20.8. The van der Waals surface area contributed by atoms with E-state index in [1.54, 1.807) is 11.3 Å². The normalized spacial score (nSPS) is 17.4. The Labute approximate surface area is 347 Å². The van der Waals surface area contributed by atoms with Crippen molar-refractivity contribution in [1.82, 2.24) is 4.98 Å². The van der Waals surface area contributed by atoms with E-state index >= 15 is 0 Å². The Hall–Kier alpha value is -6.71. The van der Waals surface area contributed by atoms with Gasteiger partial charge in [-0.05, 0) is 112 Å². The molecule has 290 valence electrons. The molecule has 2 N–H and O–H groups in total. The Morgan fingerprint density at radius 2 is 1.37 bits per heavy atom. The zero-order valence-electron chi connectivity index (χ0n) is 33.9. The fourth-order valence-corrected chi connectivity index (χ4v) is 8.86. The van der Waals surface area contributed by atoms with Gasteiger partial charge in [0.05, 0.1) is 44.1 Å². The van der Waals surface area contributed by atoms with Crippen molar-refractivity contribution in [3.05, 3.63) is 161 Å². The molecule has 9 heteroatoms. The molecule has 0 amide bonds. The molecule has 3 aliphatic rings. The Balaban J connectivity index is 1.23. The zero-order chi connectivity index (χ0) is 41.0. The lowest BCUT2D eigenvalue weighted by Gasteiger charge is -2.34. The van der Waals surface area contributed by atoms with Crippen molar-refractivity contribution in [2.24, 2.45) is 20.0 Å². The zero-order valence-corrected chi connectivity index (χ0v) is 34.8. The second-order valence-electron chi connectivity index (χ2n) is 15.9. The van der Waals surface area contributed by atoms with Gasteiger partial charge in [0.1, 0.15) is 27.5 Å². The highest BCUT2D eigenvalue weighted by atomic mass is 32.1. The fourth-order valence-electron chi connectivity index (χ4n) is 7.89. The van der Waals surface area contributed by atoms with E-state index in [4.69, 9.17) is 25.0 Å². The highest BCUT2D eigenvalue weighted by Gasteiger charge is 2.34. The minimum absolute atomic E-state index is 0.00620. The SMILES string of the molecule is CC(C)N=C1C=CC=C(N(C2=CC=C(c3cccc4ccccc34)C(=N)C2=NC(C)C)c2ccc(-c3ccc(-c4nc5ccccc5s4)cc3)c3c2=NC(C)(C)N=3)C1=N. The quantitative estimate of drug-likeness (QED) is 0.150. The highest BCUT2D eigenvalue weighted by molar-refractivity contribution is 7.21. The maximum absolute atomic E-state index is 9.84. The molecule has 1 aromatic heterocycles. The summed E-state index contributed by atoms with van der Waals surface area (Å²) in [4.78, 5) is 27.4. The van der Waals surface area contributed by atoms with Crippen molar-refractivity contribution in [2.75, 3.05) is 4.90 Å². The van der Waals surface area contributed by atoms with Crippen LogP contribution in [0, 0.1) is 10.8 Å². The lowest BCUT2D eigenvalue weighted by molar-refractivity contribution is 0.549. The molecule has 2 heterocycles. The van der Waals surface area contributed by atoms with Crippen LogP contribution in [0.1, 0.15) is 47.1 Å². The van der Waals surface area contributed by atoms with Crippen LogP contribution in [-0.4, -0.2) is 45.6 Å². The number of anilines is 1. The van der Waals surface area contributed by atoms with Crippen LogP contribution in [-0.2, 0) is 0 Å². The predicted molar refractivity (Wildman–Crippen MR) is 247 cm³/mol. The maximum atomic E-state index is 9.84. The Morgan fingerprint density at radius 1 is 0.661 bits per heavy atom. The van der Waals surface area contributed by atoms with Crippen LogP contribution in [0.3, 0.4) is 0 Å². The average molecular weight is 789 g/mol. The molecule has 9 rings (SSSR count). The summed E-state index contributed by atoms with van der Waals surface area (Å²) in [5.74, 6) is 0. The van der Waals surface area contributed by atoms with Crippen LogP contribution in [0.5, 0.6) is 0 Å². The number of aliphatic imine (C=N–C) groups is 2. The molecule has 5 aromatic carbocycles. The van der Waals surface area contributed by atoms with Crippen molar-refractivity contribution in [1.29, 1.82) is 10.8 Å². The number of para-hydroxylation sites is 1. The summed E-state index contributed by atoms with van der Waals surface area (Å²) in [6, 6.07) is 35.3. The molecule has 1 aliphatic heterocycles. The van der Waals surface area contributed by atoms with Crippen LogP contribution in [0.15, 0.2) is 165 Å². The lowest BCUT2D eigenvalue weighted by Crippen LogP contribution is -2.42. The standard InChI is InChI=1S/C50H44N8S/c1-29(2)53-39-18-12-19-40(45(39)52)58(41-28-26-37(44(51)47(41)54-30(3)4)36-16-11-14-31-13-7-8-15-34(31)36)42-27-25-35(46-48(42)57-50(5,6)56-46)32-21-23-33(24-22-32)49-55-38-17-9-10-20-43(38)59-49/h7-30,51-52H,1-6H3. The van der Waals surface area contributed by atoms with Gasteiger partial charge >= 0.3 is 0 Å². The summed E-state index contributed by atoms with van der Waals surface area (Å²) in [5, 5.41) is 24.1. The Bertz CT molecular complexity index is 3020. The second-order valence-corrected chi connectivity index (χ2v) is 17.0. The number of hydrogen-bond acceptors (Lipinski definition) is 9. The van der Waals surface area contributed by atoms with Crippen LogP contribution in [0.25, 0.3) is 48.3 Å².